The number of ether oxygens (including phenoxy) is 1. The second-order valence-electron chi connectivity index (χ2n) is 3.33. The number of benzene rings is 1. The Morgan fingerprint density at radius 2 is 2.00 bits per heavy atom. The molecule has 1 aromatic heterocycles. The number of carboxylic acids is 1. The molecule has 88 valence electrons. The summed E-state index contributed by atoms with van der Waals surface area (Å²) in [6, 6.07) is 9.20. The highest BCUT2D eigenvalue weighted by Gasteiger charge is 2.06. The highest BCUT2D eigenvalue weighted by molar-refractivity contribution is 7.99. The van der Waals surface area contributed by atoms with Crippen LogP contribution >= 0.6 is 11.8 Å². The fourth-order valence-electron chi connectivity index (χ4n) is 1.34. The molecule has 17 heavy (non-hydrogen) atoms. The first-order chi connectivity index (χ1) is 8.19. The van der Waals surface area contributed by atoms with Crippen LogP contribution in [0, 0.1) is 0 Å². The summed E-state index contributed by atoms with van der Waals surface area (Å²) in [6.07, 6.45) is 1.68. The first-order valence-electron chi connectivity index (χ1n) is 4.92. The fourth-order valence-corrected chi connectivity index (χ4v) is 2.18. The molecule has 0 aliphatic rings. The van der Waals surface area contributed by atoms with Crippen LogP contribution in [0.3, 0.4) is 0 Å². The van der Waals surface area contributed by atoms with Crippen molar-refractivity contribution in [3.05, 3.63) is 42.2 Å². The number of carbonyl (C=O) groups is 1. The largest absolute Gasteiger partial charge is 0.497 e. The van der Waals surface area contributed by atoms with E-state index in [0.717, 1.165) is 15.5 Å². The van der Waals surface area contributed by atoms with Gasteiger partial charge in [0.05, 0.1) is 7.11 Å². The van der Waals surface area contributed by atoms with Crippen molar-refractivity contribution in [3.63, 3.8) is 0 Å². The van der Waals surface area contributed by atoms with Gasteiger partial charge >= 0.3 is 5.97 Å². The Morgan fingerprint density at radius 3 is 2.53 bits per heavy atom. The molecule has 0 fully saturated rings. The average molecular weight is 249 g/mol. The van der Waals surface area contributed by atoms with E-state index in [9.17, 15) is 4.79 Å². The second kappa shape index (κ2) is 4.97. The van der Waals surface area contributed by atoms with Gasteiger partial charge in [-0.25, -0.2) is 4.79 Å². The van der Waals surface area contributed by atoms with Gasteiger partial charge in [-0.2, -0.15) is 0 Å². The van der Waals surface area contributed by atoms with Crippen molar-refractivity contribution in [2.45, 2.75) is 9.79 Å². The topological polar surface area (TPSA) is 62.3 Å². The van der Waals surface area contributed by atoms with Crippen molar-refractivity contribution >= 4 is 17.7 Å². The third-order valence-corrected chi connectivity index (χ3v) is 3.16. The van der Waals surface area contributed by atoms with Crippen LogP contribution in [0.15, 0.2) is 46.3 Å². The van der Waals surface area contributed by atoms with E-state index in [2.05, 4.69) is 4.98 Å². The summed E-state index contributed by atoms with van der Waals surface area (Å²) in [5, 5.41) is 8.78. The highest BCUT2D eigenvalue weighted by atomic mass is 32.2. The van der Waals surface area contributed by atoms with Crippen molar-refractivity contribution in [2.75, 3.05) is 7.11 Å². The Balaban J connectivity index is 2.11. The molecule has 5 heteroatoms. The molecule has 0 unspecified atom stereocenters. The van der Waals surface area contributed by atoms with Gasteiger partial charge in [0.25, 0.3) is 0 Å². The standard InChI is InChI=1S/C12H11NO3S/c1-16-8-2-4-9(5-3-8)17-10-6-11(12(14)15)13-7-10/h2-7,13H,1H3,(H,14,15). The van der Waals surface area contributed by atoms with E-state index in [1.54, 1.807) is 19.4 Å². The molecule has 2 aromatic rings. The molecule has 2 rings (SSSR count). The number of nitrogens with one attached hydrogen (secondary N) is 1. The van der Waals surface area contributed by atoms with Crippen LogP contribution < -0.4 is 4.74 Å². The van der Waals surface area contributed by atoms with E-state index in [1.807, 2.05) is 24.3 Å². The monoisotopic (exact) mass is 249 g/mol. The SMILES string of the molecule is COc1ccc(Sc2c[nH]c(C(=O)O)c2)cc1. The maximum atomic E-state index is 10.7. The molecule has 4 nitrogen and oxygen atoms in total. The summed E-state index contributed by atoms with van der Waals surface area (Å²) < 4.78 is 5.06. The Hall–Kier alpha value is -1.88. The van der Waals surface area contributed by atoms with Crippen molar-refractivity contribution in [3.8, 4) is 5.75 Å². The Labute approximate surface area is 103 Å². The van der Waals surface area contributed by atoms with Gasteiger partial charge in [-0.3, -0.25) is 0 Å². The summed E-state index contributed by atoms with van der Waals surface area (Å²) in [6.45, 7) is 0. The maximum absolute atomic E-state index is 10.7. The van der Waals surface area contributed by atoms with Crippen LogP contribution in [0.4, 0.5) is 0 Å². The smallest absolute Gasteiger partial charge is 0.352 e. The average Bonchev–Trinajstić information content (AvgIpc) is 2.79. The lowest BCUT2D eigenvalue weighted by Gasteiger charge is -2.01. The van der Waals surface area contributed by atoms with Crippen molar-refractivity contribution in [1.29, 1.82) is 0 Å². The Bertz CT molecular complexity index is 519. The van der Waals surface area contributed by atoms with Crippen molar-refractivity contribution in [2.24, 2.45) is 0 Å². The number of carboxylic acid groups (broad SMARTS) is 1. The van der Waals surface area contributed by atoms with E-state index in [1.165, 1.54) is 11.8 Å². The fraction of sp³-hybridized carbons (Fsp3) is 0.0833. The van der Waals surface area contributed by atoms with Gasteiger partial charge in [0.2, 0.25) is 0 Å². The summed E-state index contributed by atoms with van der Waals surface area (Å²) in [7, 11) is 1.62. The van der Waals surface area contributed by atoms with E-state index >= 15 is 0 Å². The number of methoxy groups -OCH3 is 1. The molecule has 2 N–H and O–H groups in total. The number of rotatable bonds is 4. The molecule has 1 heterocycles. The van der Waals surface area contributed by atoms with Gasteiger partial charge < -0.3 is 14.8 Å². The molecule has 0 aliphatic heterocycles. The van der Waals surface area contributed by atoms with Crippen LogP contribution in [-0.4, -0.2) is 23.2 Å². The molecule has 0 amide bonds. The quantitative estimate of drug-likeness (QED) is 0.874. The van der Waals surface area contributed by atoms with Gasteiger partial charge in [0.15, 0.2) is 0 Å². The summed E-state index contributed by atoms with van der Waals surface area (Å²) >= 11 is 1.49. The number of hydrogen-bond donors (Lipinski definition) is 2. The second-order valence-corrected chi connectivity index (χ2v) is 4.48. The van der Waals surface area contributed by atoms with Gasteiger partial charge in [0.1, 0.15) is 11.4 Å². The lowest BCUT2D eigenvalue weighted by molar-refractivity contribution is 0.0691. The molecule has 0 atom stereocenters. The van der Waals surface area contributed by atoms with Crippen molar-refractivity contribution in [1.82, 2.24) is 4.98 Å². The minimum absolute atomic E-state index is 0.195. The number of H-pyrrole nitrogens is 1. The van der Waals surface area contributed by atoms with Crippen LogP contribution in [0.1, 0.15) is 10.5 Å². The molecule has 1 aromatic carbocycles. The number of aromatic amines is 1. The lowest BCUT2D eigenvalue weighted by Crippen LogP contribution is -1.94. The van der Waals surface area contributed by atoms with E-state index in [4.69, 9.17) is 9.84 Å². The Morgan fingerprint density at radius 1 is 1.29 bits per heavy atom. The third-order valence-electron chi connectivity index (χ3n) is 2.18. The molecule has 0 saturated carbocycles. The minimum atomic E-state index is -0.952. The minimum Gasteiger partial charge on any atom is -0.497 e. The predicted octanol–water partition coefficient (Wildman–Crippen LogP) is 2.87. The normalized spacial score (nSPS) is 10.2. The van der Waals surface area contributed by atoms with Gasteiger partial charge in [-0.15, -0.1) is 0 Å². The highest BCUT2D eigenvalue weighted by Crippen LogP contribution is 2.29. The van der Waals surface area contributed by atoms with E-state index < -0.39 is 5.97 Å². The maximum Gasteiger partial charge on any atom is 0.352 e. The molecule has 0 aliphatic carbocycles. The van der Waals surface area contributed by atoms with Crippen LogP contribution in [0.5, 0.6) is 5.75 Å². The zero-order chi connectivity index (χ0) is 12.3. The number of hydrogen-bond acceptors (Lipinski definition) is 3. The molecular weight excluding hydrogens is 238 g/mol. The third kappa shape index (κ3) is 2.82. The predicted molar refractivity (Wildman–Crippen MR) is 64.9 cm³/mol. The number of aromatic carboxylic acids is 1. The summed E-state index contributed by atoms with van der Waals surface area (Å²) in [5.74, 6) is -0.152. The zero-order valence-electron chi connectivity index (χ0n) is 9.14. The van der Waals surface area contributed by atoms with Crippen LogP contribution in [-0.2, 0) is 0 Å². The molecule has 0 bridgehead atoms. The number of aromatic nitrogens is 1. The first-order valence-corrected chi connectivity index (χ1v) is 5.74. The van der Waals surface area contributed by atoms with E-state index in [-0.39, 0.29) is 5.69 Å². The molecule has 0 saturated heterocycles. The van der Waals surface area contributed by atoms with Crippen LogP contribution in [0.2, 0.25) is 0 Å². The lowest BCUT2D eigenvalue weighted by atomic mass is 10.3. The summed E-state index contributed by atoms with van der Waals surface area (Å²) in [5.41, 5.74) is 0.195. The van der Waals surface area contributed by atoms with Gasteiger partial charge in [0, 0.05) is 16.0 Å². The Kier molecular flexibility index (Phi) is 3.39. The van der Waals surface area contributed by atoms with E-state index in [0.29, 0.717) is 0 Å². The van der Waals surface area contributed by atoms with Crippen LogP contribution in [0.25, 0.3) is 0 Å². The summed E-state index contributed by atoms with van der Waals surface area (Å²) in [4.78, 5) is 15.3. The first kappa shape index (κ1) is 11.6. The molecule has 0 radical (unpaired) electrons. The van der Waals surface area contributed by atoms with Gasteiger partial charge in [-0.1, -0.05) is 11.8 Å². The van der Waals surface area contributed by atoms with Crippen molar-refractivity contribution < 1.29 is 14.6 Å². The molecular formula is C12H11NO3S. The molecule has 0 spiro atoms. The van der Waals surface area contributed by atoms with Gasteiger partial charge in [-0.05, 0) is 30.3 Å². The zero-order valence-corrected chi connectivity index (χ0v) is 9.95.